The van der Waals surface area contributed by atoms with Gasteiger partial charge in [-0.25, -0.2) is 13.1 Å². The third kappa shape index (κ3) is 4.81. The molecule has 2 aromatic heterocycles. The molecule has 4 aromatic rings. The lowest BCUT2D eigenvalue weighted by atomic mass is 10.2. The van der Waals surface area contributed by atoms with Gasteiger partial charge in [-0.15, -0.1) is 0 Å². The van der Waals surface area contributed by atoms with Crippen molar-refractivity contribution in [3.05, 3.63) is 90.3 Å². The standard InChI is InChI=1S/C24H23N3O4S/c1-18-13-14-22(31-18)23-21(17-27(26-23)19-9-4-2-5-10-19)24(28)25-15-8-16-32(29,30)20-11-6-3-7-12-20/h2-7,9-14,17H,8,15-16H2,1H3,(H,25,28). The van der Waals surface area contributed by atoms with E-state index in [1.165, 1.54) is 0 Å². The van der Waals surface area contributed by atoms with Gasteiger partial charge in [0.05, 0.1) is 21.9 Å². The molecule has 0 aliphatic carbocycles. The summed E-state index contributed by atoms with van der Waals surface area (Å²) in [6.45, 7) is 2.04. The summed E-state index contributed by atoms with van der Waals surface area (Å²) in [4.78, 5) is 13.2. The average molecular weight is 450 g/mol. The van der Waals surface area contributed by atoms with Gasteiger partial charge in [-0.1, -0.05) is 36.4 Å². The van der Waals surface area contributed by atoms with Crippen molar-refractivity contribution in [3.63, 3.8) is 0 Å². The summed E-state index contributed by atoms with van der Waals surface area (Å²) in [6.07, 6.45) is 1.95. The molecule has 0 fully saturated rings. The summed E-state index contributed by atoms with van der Waals surface area (Å²) in [5.74, 6) is 0.819. The SMILES string of the molecule is Cc1ccc(-c2nn(-c3ccccc3)cc2C(=O)NCCCS(=O)(=O)c2ccccc2)o1. The fourth-order valence-electron chi connectivity index (χ4n) is 3.30. The number of hydrogen-bond acceptors (Lipinski definition) is 5. The van der Waals surface area contributed by atoms with Crippen molar-refractivity contribution in [1.82, 2.24) is 15.1 Å². The van der Waals surface area contributed by atoms with Gasteiger partial charge in [0.1, 0.15) is 11.5 Å². The van der Waals surface area contributed by atoms with Crippen LogP contribution in [0.15, 0.2) is 88.3 Å². The highest BCUT2D eigenvalue weighted by atomic mass is 32.2. The molecule has 0 unspecified atom stereocenters. The summed E-state index contributed by atoms with van der Waals surface area (Å²) in [7, 11) is -3.39. The molecular formula is C24H23N3O4S. The van der Waals surface area contributed by atoms with Crippen molar-refractivity contribution in [2.45, 2.75) is 18.2 Å². The molecule has 32 heavy (non-hydrogen) atoms. The van der Waals surface area contributed by atoms with Crippen molar-refractivity contribution < 1.29 is 17.6 Å². The van der Waals surface area contributed by atoms with Gasteiger partial charge in [0.15, 0.2) is 15.6 Å². The van der Waals surface area contributed by atoms with E-state index in [0.29, 0.717) is 29.2 Å². The van der Waals surface area contributed by atoms with E-state index in [1.807, 2.05) is 43.3 Å². The first-order chi connectivity index (χ1) is 15.4. The van der Waals surface area contributed by atoms with Crippen LogP contribution in [0, 0.1) is 6.92 Å². The van der Waals surface area contributed by atoms with E-state index in [0.717, 1.165) is 5.69 Å². The summed E-state index contributed by atoms with van der Waals surface area (Å²) in [6, 6.07) is 21.3. The Labute approximate surface area is 186 Å². The Bertz CT molecular complexity index is 1310. The van der Waals surface area contributed by atoms with Gasteiger partial charge < -0.3 is 9.73 Å². The van der Waals surface area contributed by atoms with Crippen LogP contribution in [-0.4, -0.2) is 36.4 Å². The number of sulfone groups is 1. The summed E-state index contributed by atoms with van der Waals surface area (Å²) >= 11 is 0. The van der Waals surface area contributed by atoms with E-state index in [1.54, 1.807) is 47.3 Å². The number of benzene rings is 2. The quantitative estimate of drug-likeness (QED) is 0.410. The van der Waals surface area contributed by atoms with Crippen LogP contribution < -0.4 is 5.32 Å². The monoisotopic (exact) mass is 449 g/mol. The highest BCUT2D eigenvalue weighted by Gasteiger charge is 2.21. The smallest absolute Gasteiger partial charge is 0.255 e. The van der Waals surface area contributed by atoms with Crippen LogP contribution in [0.1, 0.15) is 22.5 Å². The Morgan fingerprint density at radius 3 is 2.34 bits per heavy atom. The van der Waals surface area contributed by atoms with E-state index < -0.39 is 9.84 Å². The number of para-hydroxylation sites is 1. The van der Waals surface area contributed by atoms with E-state index >= 15 is 0 Å². The first-order valence-electron chi connectivity index (χ1n) is 10.2. The minimum atomic E-state index is -3.39. The van der Waals surface area contributed by atoms with Crippen LogP contribution in [0.2, 0.25) is 0 Å². The Kier molecular flexibility index (Phi) is 6.23. The van der Waals surface area contributed by atoms with Crippen LogP contribution in [0.25, 0.3) is 17.1 Å². The molecular weight excluding hydrogens is 426 g/mol. The predicted octanol–water partition coefficient (Wildman–Crippen LogP) is 4.03. The molecule has 0 aliphatic rings. The van der Waals surface area contributed by atoms with Crippen molar-refractivity contribution in [2.75, 3.05) is 12.3 Å². The lowest BCUT2D eigenvalue weighted by Gasteiger charge is -2.06. The van der Waals surface area contributed by atoms with Crippen LogP contribution in [0.5, 0.6) is 0 Å². The maximum Gasteiger partial charge on any atom is 0.255 e. The number of aromatic nitrogens is 2. The molecule has 0 spiro atoms. The summed E-state index contributed by atoms with van der Waals surface area (Å²) < 4.78 is 32.1. The number of carbonyl (C=O) groups is 1. The first kappa shape index (κ1) is 21.6. The molecule has 2 aromatic carbocycles. The first-order valence-corrected chi connectivity index (χ1v) is 11.9. The van der Waals surface area contributed by atoms with Crippen LogP contribution >= 0.6 is 0 Å². The van der Waals surface area contributed by atoms with Crippen molar-refractivity contribution in [1.29, 1.82) is 0 Å². The lowest BCUT2D eigenvalue weighted by molar-refractivity contribution is 0.0954. The zero-order chi connectivity index (χ0) is 22.6. The fourth-order valence-corrected chi connectivity index (χ4v) is 4.63. The highest BCUT2D eigenvalue weighted by Crippen LogP contribution is 2.25. The van der Waals surface area contributed by atoms with Crippen LogP contribution in [-0.2, 0) is 9.84 Å². The van der Waals surface area contributed by atoms with E-state index in [2.05, 4.69) is 10.4 Å². The van der Waals surface area contributed by atoms with Gasteiger partial charge in [-0.2, -0.15) is 5.10 Å². The largest absolute Gasteiger partial charge is 0.460 e. The number of carbonyl (C=O) groups excluding carboxylic acids is 1. The van der Waals surface area contributed by atoms with E-state index in [-0.39, 0.29) is 23.1 Å². The van der Waals surface area contributed by atoms with Crippen molar-refractivity contribution in [2.24, 2.45) is 0 Å². The number of nitrogens with one attached hydrogen (secondary N) is 1. The number of furan rings is 1. The zero-order valence-electron chi connectivity index (χ0n) is 17.6. The normalized spacial score (nSPS) is 11.4. The number of nitrogens with zero attached hydrogens (tertiary/aromatic N) is 2. The molecule has 1 amide bonds. The van der Waals surface area contributed by atoms with Crippen molar-refractivity contribution in [3.8, 4) is 17.1 Å². The Morgan fingerprint density at radius 2 is 1.69 bits per heavy atom. The summed E-state index contributed by atoms with van der Waals surface area (Å²) in [5, 5.41) is 7.36. The molecule has 0 aliphatic heterocycles. The second-order valence-electron chi connectivity index (χ2n) is 7.32. The molecule has 1 N–H and O–H groups in total. The van der Waals surface area contributed by atoms with Gasteiger partial charge in [0, 0.05) is 12.7 Å². The third-order valence-electron chi connectivity index (χ3n) is 4.93. The van der Waals surface area contributed by atoms with Gasteiger partial charge >= 0.3 is 0 Å². The minimum absolute atomic E-state index is 0.0508. The topological polar surface area (TPSA) is 94.2 Å². The van der Waals surface area contributed by atoms with E-state index in [9.17, 15) is 13.2 Å². The second-order valence-corrected chi connectivity index (χ2v) is 9.43. The fraction of sp³-hybridized carbons (Fsp3) is 0.167. The predicted molar refractivity (Wildman–Crippen MR) is 121 cm³/mol. The minimum Gasteiger partial charge on any atom is -0.460 e. The Balaban J connectivity index is 1.48. The molecule has 7 nitrogen and oxygen atoms in total. The number of amides is 1. The molecule has 0 bridgehead atoms. The average Bonchev–Trinajstić information content (AvgIpc) is 3.44. The molecule has 0 saturated carbocycles. The molecule has 2 heterocycles. The Hall–Kier alpha value is -3.65. The molecule has 0 atom stereocenters. The van der Waals surface area contributed by atoms with Crippen LogP contribution in [0.3, 0.4) is 0 Å². The molecule has 164 valence electrons. The molecule has 4 rings (SSSR count). The number of aryl methyl sites for hydroxylation is 1. The summed E-state index contributed by atoms with van der Waals surface area (Å²) in [5.41, 5.74) is 1.59. The second kappa shape index (κ2) is 9.23. The maximum atomic E-state index is 12.9. The zero-order valence-corrected chi connectivity index (χ0v) is 18.4. The van der Waals surface area contributed by atoms with Gasteiger partial charge in [-0.05, 0) is 49.7 Å². The van der Waals surface area contributed by atoms with Gasteiger partial charge in [0.2, 0.25) is 0 Å². The number of rotatable bonds is 8. The van der Waals surface area contributed by atoms with E-state index in [4.69, 9.17) is 4.42 Å². The maximum absolute atomic E-state index is 12.9. The molecule has 0 radical (unpaired) electrons. The van der Waals surface area contributed by atoms with Crippen LogP contribution in [0.4, 0.5) is 0 Å². The van der Waals surface area contributed by atoms with Crippen molar-refractivity contribution >= 4 is 15.7 Å². The Morgan fingerprint density at radius 1 is 1.00 bits per heavy atom. The number of hydrogen-bond donors (Lipinski definition) is 1. The van der Waals surface area contributed by atoms with Gasteiger partial charge in [-0.3, -0.25) is 4.79 Å². The lowest BCUT2D eigenvalue weighted by Crippen LogP contribution is -2.26. The molecule has 0 saturated heterocycles. The molecule has 8 heteroatoms. The third-order valence-corrected chi connectivity index (χ3v) is 6.75. The highest BCUT2D eigenvalue weighted by molar-refractivity contribution is 7.91. The van der Waals surface area contributed by atoms with Gasteiger partial charge in [0.25, 0.3) is 5.91 Å².